The number of aliphatic hydroxyl groups is 3. The summed E-state index contributed by atoms with van der Waals surface area (Å²) in [6.45, 7) is 3.68. The summed E-state index contributed by atoms with van der Waals surface area (Å²) >= 11 is 0. The largest absolute Gasteiger partial charge is 0.394 e. The van der Waals surface area contributed by atoms with Crippen molar-refractivity contribution in [2.45, 2.75) is 38.4 Å². The van der Waals surface area contributed by atoms with Crippen LogP contribution in [-0.4, -0.2) is 49.8 Å². The molecular weight excluding hydrogens is 260 g/mol. The molecule has 4 atom stereocenters. The quantitative estimate of drug-likeness (QED) is 0.733. The summed E-state index contributed by atoms with van der Waals surface area (Å²) in [4.78, 5) is 4.30. The van der Waals surface area contributed by atoms with Crippen LogP contribution in [0.4, 0.5) is 0 Å². The van der Waals surface area contributed by atoms with Gasteiger partial charge in [-0.2, -0.15) is 0 Å². The van der Waals surface area contributed by atoms with Crippen LogP contribution in [0.5, 0.6) is 0 Å². The molecule has 1 fully saturated rings. The van der Waals surface area contributed by atoms with Crippen LogP contribution >= 0.6 is 0 Å². The molecule has 0 unspecified atom stereocenters. The van der Waals surface area contributed by atoms with Crippen LogP contribution in [0.3, 0.4) is 0 Å². The van der Waals surface area contributed by atoms with Gasteiger partial charge in [0.2, 0.25) is 0 Å². The van der Waals surface area contributed by atoms with Crippen LogP contribution in [0.25, 0.3) is 11.0 Å². The molecule has 1 aromatic carbocycles. The number of hydrogen-bond acceptors (Lipinski definition) is 5. The summed E-state index contributed by atoms with van der Waals surface area (Å²) in [5.74, 6) is 0. The lowest BCUT2D eigenvalue weighted by molar-refractivity contribution is -0.0508. The SMILES string of the molecule is Cc1cc2ncn([C@@H]3O[C@@H](CO)[C@@H](O)[C@H]3O)c2cc1C. The Kier molecular flexibility index (Phi) is 3.25. The standard InChI is InChI=1S/C14H18N2O4/c1-7-3-9-10(4-8(7)2)16(6-15-9)14-13(19)12(18)11(5-17)20-14/h3-4,6,11-14,17-19H,5H2,1-2H3/t11-,12+,13+,14+/m0/s1. The van der Waals surface area contributed by atoms with E-state index in [0.717, 1.165) is 22.2 Å². The molecule has 6 nitrogen and oxygen atoms in total. The number of aliphatic hydroxyl groups excluding tert-OH is 3. The summed E-state index contributed by atoms with van der Waals surface area (Å²) in [5, 5.41) is 29.1. The third kappa shape index (κ3) is 1.92. The van der Waals surface area contributed by atoms with Gasteiger partial charge in [0.25, 0.3) is 0 Å². The minimum absolute atomic E-state index is 0.334. The molecule has 0 aliphatic carbocycles. The summed E-state index contributed by atoms with van der Waals surface area (Å²) in [7, 11) is 0. The average molecular weight is 278 g/mol. The monoisotopic (exact) mass is 278 g/mol. The molecule has 1 aromatic heterocycles. The molecule has 6 heteroatoms. The van der Waals surface area contributed by atoms with E-state index in [9.17, 15) is 10.2 Å². The van der Waals surface area contributed by atoms with Crippen molar-refractivity contribution in [3.63, 3.8) is 0 Å². The van der Waals surface area contributed by atoms with Crippen LogP contribution < -0.4 is 0 Å². The topological polar surface area (TPSA) is 87.7 Å². The Bertz CT molecular complexity index is 639. The first-order valence-corrected chi connectivity index (χ1v) is 6.59. The first kappa shape index (κ1) is 13.5. The Hall–Kier alpha value is -1.47. The number of rotatable bonds is 2. The van der Waals surface area contributed by atoms with Gasteiger partial charge in [-0.15, -0.1) is 0 Å². The predicted octanol–water partition coefficient (Wildman–Crippen LogP) is 0.265. The van der Waals surface area contributed by atoms with Crippen LogP contribution in [0.2, 0.25) is 0 Å². The highest BCUT2D eigenvalue weighted by molar-refractivity contribution is 5.77. The summed E-state index contributed by atoms with van der Waals surface area (Å²) < 4.78 is 7.23. The van der Waals surface area contributed by atoms with Gasteiger partial charge in [0.05, 0.1) is 24.0 Å². The van der Waals surface area contributed by atoms with Crippen molar-refractivity contribution < 1.29 is 20.1 Å². The molecule has 2 aromatic rings. The predicted molar refractivity (Wildman–Crippen MR) is 72.2 cm³/mol. The fourth-order valence-electron chi connectivity index (χ4n) is 2.60. The van der Waals surface area contributed by atoms with Gasteiger partial charge in [-0.3, -0.25) is 0 Å². The molecular formula is C14H18N2O4. The van der Waals surface area contributed by atoms with Gasteiger partial charge < -0.3 is 24.6 Å². The second-order valence-electron chi connectivity index (χ2n) is 5.31. The van der Waals surface area contributed by atoms with Gasteiger partial charge in [0.15, 0.2) is 6.23 Å². The van der Waals surface area contributed by atoms with Crippen LogP contribution in [0.1, 0.15) is 17.4 Å². The minimum Gasteiger partial charge on any atom is -0.394 e. The number of ether oxygens (including phenoxy) is 1. The number of hydrogen-bond donors (Lipinski definition) is 3. The smallest absolute Gasteiger partial charge is 0.164 e. The van der Waals surface area contributed by atoms with Crippen LogP contribution in [-0.2, 0) is 4.74 Å². The normalized spacial score (nSPS) is 30.2. The minimum atomic E-state index is -1.10. The third-order valence-electron chi connectivity index (χ3n) is 3.98. The highest BCUT2D eigenvalue weighted by Crippen LogP contribution is 2.32. The van der Waals surface area contributed by atoms with E-state index in [1.165, 1.54) is 0 Å². The third-order valence-corrected chi connectivity index (χ3v) is 3.98. The van der Waals surface area contributed by atoms with Gasteiger partial charge in [-0.1, -0.05) is 0 Å². The Morgan fingerprint density at radius 1 is 1.20 bits per heavy atom. The Balaban J connectivity index is 2.05. The molecule has 0 bridgehead atoms. The van der Waals surface area contributed by atoms with Gasteiger partial charge in [0.1, 0.15) is 18.3 Å². The van der Waals surface area contributed by atoms with Crippen molar-refractivity contribution in [1.29, 1.82) is 0 Å². The molecule has 0 saturated carbocycles. The van der Waals surface area contributed by atoms with E-state index >= 15 is 0 Å². The molecule has 3 N–H and O–H groups in total. The molecule has 1 aliphatic rings. The number of aromatic nitrogens is 2. The van der Waals surface area contributed by atoms with Crippen LogP contribution in [0.15, 0.2) is 18.5 Å². The van der Waals surface area contributed by atoms with Crippen molar-refractivity contribution in [3.05, 3.63) is 29.6 Å². The lowest BCUT2D eigenvalue weighted by Crippen LogP contribution is -2.33. The second kappa shape index (κ2) is 4.82. The number of nitrogens with zero attached hydrogens (tertiary/aromatic N) is 2. The zero-order valence-corrected chi connectivity index (χ0v) is 11.4. The number of benzene rings is 1. The van der Waals surface area contributed by atoms with E-state index < -0.39 is 24.5 Å². The van der Waals surface area contributed by atoms with E-state index in [2.05, 4.69) is 4.98 Å². The van der Waals surface area contributed by atoms with Gasteiger partial charge >= 0.3 is 0 Å². The van der Waals surface area contributed by atoms with E-state index in [0.29, 0.717) is 0 Å². The number of imidazole rings is 1. The Morgan fingerprint density at radius 3 is 2.55 bits per heavy atom. The molecule has 2 heterocycles. The molecule has 20 heavy (non-hydrogen) atoms. The molecule has 3 rings (SSSR count). The molecule has 0 spiro atoms. The maximum atomic E-state index is 10.1. The van der Waals surface area contributed by atoms with Crippen molar-refractivity contribution in [2.75, 3.05) is 6.61 Å². The summed E-state index contributed by atoms with van der Waals surface area (Å²) in [6.07, 6.45) is -2.13. The lowest BCUT2D eigenvalue weighted by Gasteiger charge is -2.17. The first-order valence-electron chi connectivity index (χ1n) is 6.59. The second-order valence-corrected chi connectivity index (χ2v) is 5.31. The molecule has 108 valence electrons. The molecule has 1 aliphatic heterocycles. The number of aryl methyl sites for hydroxylation is 2. The zero-order valence-electron chi connectivity index (χ0n) is 11.4. The van der Waals surface area contributed by atoms with Gasteiger partial charge in [0, 0.05) is 0 Å². The maximum Gasteiger partial charge on any atom is 0.164 e. The van der Waals surface area contributed by atoms with Crippen molar-refractivity contribution in [2.24, 2.45) is 0 Å². The molecule has 0 amide bonds. The van der Waals surface area contributed by atoms with E-state index in [1.807, 2.05) is 26.0 Å². The molecule has 0 radical (unpaired) electrons. The van der Waals surface area contributed by atoms with E-state index in [-0.39, 0.29) is 6.61 Å². The van der Waals surface area contributed by atoms with Crippen molar-refractivity contribution in [3.8, 4) is 0 Å². The zero-order chi connectivity index (χ0) is 14.4. The van der Waals surface area contributed by atoms with Crippen LogP contribution in [0, 0.1) is 13.8 Å². The summed E-state index contributed by atoms with van der Waals surface area (Å²) in [5.41, 5.74) is 3.91. The first-order chi connectivity index (χ1) is 9.52. The molecule has 1 saturated heterocycles. The average Bonchev–Trinajstić information content (AvgIpc) is 2.94. The fourth-order valence-corrected chi connectivity index (χ4v) is 2.60. The van der Waals surface area contributed by atoms with Gasteiger partial charge in [-0.25, -0.2) is 4.98 Å². The Morgan fingerprint density at radius 2 is 1.90 bits per heavy atom. The van der Waals surface area contributed by atoms with Crippen molar-refractivity contribution in [1.82, 2.24) is 9.55 Å². The lowest BCUT2D eigenvalue weighted by atomic mass is 10.1. The van der Waals surface area contributed by atoms with Gasteiger partial charge in [-0.05, 0) is 37.1 Å². The highest BCUT2D eigenvalue weighted by atomic mass is 16.6. The summed E-state index contributed by atoms with van der Waals surface area (Å²) in [6, 6.07) is 3.95. The van der Waals surface area contributed by atoms with E-state index in [1.54, 1.807) is 10.9 Å². The van der Waals surface area contributed by atoms with E-state index in [4.69, 9.17) is 9.84 Å². The fraction of sp³-hybridized carbons (Fsp3) is 0.500. The van der Waals surface area contributed by atoms with Crippen molar-refractivity contribution >= 4 is 11.0 Å². The highest BCUT2D eigenvalue weighted by Gasteiger charge is 2.43. The Labute approximate surface area is 116 Å². The maximum absolute atomic E-state index is 10.1. The number of fused-ring (bicyclic) bond motifs is 1.